The Balaban J connectivity index is 2.30. The Kier molecular flexibility index (Phi) is 7.01. The van der Waals surface area contributed by atoms with E-state index in [9.17, 15) is 0 Å². The maximum Gasteiger partial charge on any atom is 0.0630 e. The van der Waals surface area contributed by atoms with Crippen LogP contribution >= 0.6 is 0 Å². The fraction of sp³-hybridized carbons (Fsp3) is 1.00. The Morgan fingerprint density at radius 3 is 2.62 bits per heavy atom. The molecule has 1 atom stereocenters. The van der Waals surface area contributed by atoms with E-state index < -0.39 is 0 Å². The molecule has 0 aliphatic heterocycles. The Morgan fingerprint density at radius 2 is 2.12 bits per heavy atom. The van der Waals surface area contributed by atoms with Crippen LogP contribution < -0.4 is 5.32 Å². The lowest BCUT2D eigenvalue weighted by atomic mass is 10.2. The van der Waals surface area contributed by atoms with Crippen molar-refractivity contribution in [3.8, 4) is 0 Å². The summed E-state index contributed by atoms with van der Waals surface area (Å²) in [7, 11) is 1.80. The van der Waals surface area contributed by atoms with Crippen LogP contribution in [0.25, 0.3) is 0 Å². The molecule has 96 valence electrons. The average molecular weight is 228 g/mol. The number of nitrogens with one attached hydrogen (secondary N) is 1. The summed E-state index contributed by atoms with van der Waals surface area (Å²) in [6, 6.07) is 0.544. The molecule has 0 amide bonds. The Bertz CT molecular complexity index is 171. The van der Waals surface area contributed by atoms with Crippen LogP contribution in [0.2, 0.25) is 0 Å². The second-order valence-electron chi connectivity index (χ2n) is 4.84. The maximum atomic E-state index is 5.34. The molecule has 0 aromatic carbocycles. The molecule has 0 bridgehead atoms. The van der Waals surface area contributed by atoms with E-state index in [1.807, 2.05) is 0 Å². The van der Waals surface area contributed by atoms with E-state index in [1.165, 1.54) is 25.8 Å². The van der Waals surface area contributed by atoms with Crippen molar-refractivity contribution in [2.45, 2.75) is 39.2 Å². The van der Waals surface area contributed by atoms with Crippen molar-refractivity contribution in [1.29, 1.82) is 0 Å². The van der Waals surface area contributed by atoms with E-state index in [-0.39, 0.29) is 0 Å². The maximum absolute atomic E-state index is 5.34. The molecule has 1 saturated carbocycles. The van der Waals surface area contributed by atoms with Crippen molar-refractivity contribution in [2.24, 2.45) is 5.92 Å². The molecular formula is C13H28N2O. The van der Waals surface area contributed by atoms with Crippen LogP contribution in [-0.2, 0) is 4.74 Å². The molecule has 1 unspecified atom stereocenters. The van der Waals surface area contributed by atoms with Gasteiger partial charge in [0.1, 0.15) is 0 Å². The lowest BCUT2D eigenvalue weighted by Crippen LogP contribution is -2.46. The Hall–Kier alpha value is -0.120. The number of likely N-dealkylation sites (N-methyl/N-ethyl adjacent to an activating group) is 1. The summed E-state index contributed by atoms with van der Waals surface area (Å²) in [6.45, 7) is 9.88. The number of methoxy groups -OCH3 is 1. The van der Waals surface area contributed by atoms with Crippen LogP contribution in [0.15, 0.2) is 0 Å². The van der Waals surface area contributed by atoms with Crippen molar-refractivity contribution < 1.29 is 4.74 Å². The van der Waals surface area contributed by atoms with Gasteiger partial charge in [0.25, 0.3) is 0 Å². The van der Waals surface area contributed by atoms with Crippen LogP contribution in [0.5, 0.6) is 0 Å². The molecule has 1 fully saturated rings. The van der Waals surface area contributed by atoms with Gasteiger partial charge in [0, 0.05) is 26.2 Å². The van der Waals surface area contributed by atoms with Crippen LogP contribution in [-0.4, -0.2) is 50.8 Å². The number of nitrogens with zero attached hydrogens (tertiary/aromatic N) is 1. The van der Waals surface area contributed by atoms with Gasteiger partial charge in [-0.2, -0.15) is 0 Å². The molecular weight excluding hydrogens is 200 g/mol. The standard InChI is InChI=1S/C13H28N2O/c1-4-8-14-9-13(11-16-3)15(5-2)10-12-6-7-12/h12-14H,4-11H2,1-3H3. The lowest BCUT2D eigenvalue weighted by molar-refractivity contribution is 0.0894. The second kappa shape index (κ2) is 8.04. The molecule has 0 heterocycles. The molecule has 1 rings (SSSR count). The normalized spacial score (nSPS) is 18.0. The molecule has 3 heteroatoms. The summed E-state index contributed by atoms with van der Waals surface area (Å²) in [5.41, 5.74) is 0. The van der Waals surface area contributed by atoms with E-state index in [0.717, 1.165) is 32.2 Å². The summed E-state index contributed by atoms with van der Waals surface area (Å²) in [5.74, 6) is 0.963. The van der Waals surface area contributed by atoms with Crippen LogP contribution in [0.3, 0.4) is 0 Å². The molecule has 1 aliphatic carbocycles. The van der Waals surface area contributed by atoms with E-state index >= 15 is 0 Å². The van der Waals surface area contributed by atoms with Crippen molar-refractivity contribution in [3.05, 3.63) is 0 Å². The van der Waals surface area contributed by atoms with Gasteiger partial charge in [-0.15, -0.1) is 0 Å². The molecule has 1 aliphatic rings. The van der Waals surface area contributed by atoms with Gasteiger partial charge in [0.05, 0.1) is 6.61 Å². The minimum atomic E-state index is 0.544. The van der Waals surface area contributed by atoms with Crippen LogP contribution in [0, 0.1) is 5.92 Å². The summed E-state index contributed by atoms with van der Waals surface area (Å²) < 4.78 is 5.34. The topological polar surface area (TPSA) is 24.5 Å². The summed E-state index contributed by atoms with van der Waals surface area (Å²) in [6.07, 6.45) is 4.06. The van der Waals surface area contributed by atoms with Gasteiger partial charge in [-0.3, -0.25) is 4.90 Å². The summed E-state index contributed by atoms with van der Waals surface area (Å²) in [4.78, 5) is 2.57. The van der Waals surface area contributed by atoms with Gasteiger partial charge in [0.2, 0.25) is 0 Å². The molecule has 0 saturated heterocycles. The fourth-order valence-electron chi connectivity index (χ4n) is 2.10. The molecule has 0 radical (unpaired) electrons. The van der Waals surface area contributed by atoms with Gasteiger partial charge in [0.15, 0.2) is 0 Å². The number of rotatable bonds is 10. The highest BCUT2D eigenvalue weighted by Gasteiger charge is 2.27. The quantitative estimate of drug-likeness (QED) is 0.576. The Labute approximate surface area is 101 Å². The van der Waals surface area contributed by atoms with Crippen molar-refractivity contribution >= 4 is 0 Å². The lowest BCUT2D eigenvalue weighted by Gasteiger charge is -2.30. The SMILES string of the molecule is CCCNCC(COC)N(CC)CC1CC1. The zero-order valence-corrected chi connectivity index (χ0v) is 11.2. The van der Waals surface area contributed by atoms with E-state index in [1.54, 1.807) is 7.11 Å². The van der Waals surface area contributed by atoms with Gasteiger partial charge in [-0.25, -0.2) is 0 Å². The zero-order chi connectivity index (χ0) is 11.8. The van der Waals surface area contributed by atoms with E-state index in [2.05, 4.69) is 24.1 Å². The highest BCUT2D eigenvalue weighted by molar-refractivity contribution is 4.81. The van der Waals surface area contributed by atoms with Crippen molar-refractivity contribution in [1.82, 2.24) is 10.2 Å². The van der Waals surface area contributed by atoms with Gasteiger partial charge < -0.3 is 10.1 Å². The highest BCUT2D eigenvalue weighted by Crippen LogP contribution is 2.30. The average Bonchev–Trinajstić information content (AvgIpc) is 3.09. The molecule has 1 N–H and O–H groups in total. The Morgan fingerprint density at radius 1 is 1.38 bits per heavy atom. The monoisotopic (exact) mass is 228 g/mol. The molecule has 0 aromatic rings. The molecule has 3 nitrogen and oxygen atoms in total. The van der Waals surface area contributed by atoms with E-state index in [4.69, 9.17) is 4.74 Å². The third-order valence-electron chi connectivity index (χ3n) is 3.28. The zero-order valence-electron chi connectivity index (χ0n) is 11.2. The predicted molar refractivity (Wildman–Crippen MR) is 68.8 cm³/mol. The third-order valence-corrected chi connectivity index (χ3v) is 3.28. The van der Waals surface area contributed by atoms with Crippen molar-refractivity contribution in [3.63, 3.8) is 0 Å². The van der Waals surface area contributed by atoms with Crippen molar-refractivity contribution in [2.75, 3.05) is 39.9 Å². The number of hydrogen-bond donors (Lipinski definition) is 1. The summed E-state index contributed by atoms with van der Waals surface area (Å²) >= 11 is 0. The molecule has 0 aromatic heterocycles. The minimum absolute atomic E-state index is 0.544. The van der Waals surface area contributed by atoms with Gasteiger partial charge in [-0.05, 0) is 38.3 Å². The second-order valence-corrected chi connectivity index (χ2v) is 4.84. The highest BCUT2D eigenvalue weighted by atomic mass is 16.5. The predicted octanol–water partition coefficient (Wildman–Crippen LogP) is 1.73. The first-order chi connectivity index (χ1) is 7.81. The smallest absolute Gasteiger partial charge is 0.0630 e. The fourth-order valence-corrected chi connectivity index (χ4v) is 2.10. The first-order valence-electron chi connectivity index (χ1n) is 6.75. The summed E-state index contributed by atoms with van der Waals surface area (Å²) in [5, 5.41) is 3.51. The molecule has 16 heavy (non-hydrogen) atoms. The van der Waals surface area contributed by atoms with Crippen LogP contribution in [0.4, 0.5) is 0 Å². The minimum Gasteiger partial charge on any atom is -0.383 e. The number of hydrogen-bond acceptors (Lipinski definition) is 3. The van der Waals surface area contributed by atoms with E-state index in [0.29, 0.717) is 6.04 Å². The largest absolute Gasteiger partial charge is 0.383 e. The number of ether oxygens (including phenoxy) is 1. The molecule has 0 spiro atoms. The van der Waals surface area contributed by atoms with Gasteiger partial charge >= 0.3 is 0 Å². The first kappa shape index (κ1) is 13.9. The van der Waals surface area contributed by atoms with Crippen LogP contribution in [0.1, 0.15) is 33.1 Å². The third kappa shape index (κ3) is 5.28. The van der Waals surface area contributed by atoms with Gasteiger partial charge in [-0.1, -0.05) is 13.8 Å². The first-order valence-corrected chi connectivity index (χ1v) is 6.75.